The van der Waals surface area contributed by atoms with Crippen LogP contribution in [0.2, 0.25) is 0 Å². The summed E-state index contributed by atoms with van der Waals surface area (Å²) in [4.78, 5) is 14.2. The van der Waals surface area contributed by atoms with E-state index in [4.69, 9.17) is 5.26 Å². The Morgan fingerprint density at radius 2 is 2.44 bits per heavy atom. The summed E-state index contributed by atoms with van der Waals surface area (Å²) in [6.45, 7) is 3.81. The Morgan fingerprint density at radius 1 is 1.75 bits per heavy atom. The summed E-state index contributed by atoms with van der Waals surface area (Å²) in [6.07, 6.45) is 1.55. The van der Waals surface area contributed by atoms with E-state index in [1.807, 2.05) is 6.07 Å². The molecule has 0 radical (unpaired) electrons. The first-order chi connectivity index (χ1) is 7.54. The van der Waals surface area contributed by atoms with Crippen LogP contribution in [0.5, 0.6) is 0 Å². The number of hydrogen-bond acceptors (Lipinski definition) is 5. The Kier molecular flexibility index (Phi) is 3.78. The van der Waals surface area contributed by atoms with E-state index >= 15 is 0 Å². The molecule has 0 aromatic carbocycles. The summed E-state index contributed by atoms with van der Waals surface area (Å²) in [7, 11) is 0. The topological polar surface area (TPSA) is 91.8 Å². The summed E-state index contributed by atoms with van der Waals surface area (Å²) in [5.41, 5.74) is 0.663. The molecule has 0 aliphatic heterocycles. The molecule has 1 heterocycles. The van der Waals surface area contributed by atoms with Gasteiger partial charge in [-0.25, -0.2) is 4.98 Å². The third-order valence-electron chi connectivity index (χ3n) is 2.00. The number of hydrogen-bond donors (Lipinski definition) is 1. The van der Waals surface area contributed by atoms with Crippen LogP contribution in [0, 0.1) is 34.3 Å². The van der Waals surface area contributed by atoms with Crippen LogP contribution in [-0.2, 0) is 0 Å². The number of nitrogens with zero attached hydrogens (tertiary/aromatic N) is 3. The van der Waals surface area contributed by atoms with E-state index in [-0.39, 0.29) is 17.4 Å². The predicted molar refractivity (Wildman–Crippen MR) is 58.9 cm³/mol. The van der Waals surface area contributed by atoms with E-state index < -0.39 is 4.92 Å². The molecular formula is C10H12N4O2. The number of anilines is 1. The van der Waals surface area contributed by atoms with Crippen molar-refractivity contribution in [1.29, 1.82) is 5.26 Å². The van der Waals surface area contributed by atoms with Gasteiger partial charge in [0.2, 0.25) is 5.82 Å². The Morgan fingerprint density at radius 3 is 3.00 bits per heavy atom. The molecule has 0 saturated heterocycles. The minimum atomic E-state index is -0.487. The van der Waals surface area contributed by atoms with Gasteiger partial charge in [0.05, 0.1) is 16.9 Å². The van der Waals surface area contributed by atoms with Crippen LogP contribution in [0.4, 0.5) is 11.5 Å². The fourth-order valence-electron chi connectivity index (χ4n) is 1.12. The maximum atomic E-state index is 10.7. The standard InChI is InChI=1S/C10H12N4O2/c1-7-3-9(14(15)16)10(12-5-7)13-6-8(2)4-11/h3,5,8H,6H2,1-2H3,(H,12,13). The van der Waals surface area contributed by atoms with Gasteiger partial charge in [0, 0.05) is 18.8 Å². The molecule has 0 aliphatic carbocycles. The maximum Gasteiger partial charge on any atom is 0.311 e. The van der Waals surface area contributed by atoms with Crippen LogP contribution >= 0.6 is 0 Å². The Hall–Kier alpha value is -2.16. The zero-order chi connectivity index (χ0) is 12.1. The van der Waals surface area contributed by atoms with Crippen LogP contribution in [0.25, 0.3) is 0 Å². The van der Waals surface area contributed by atoms with Crippen molar-refractivity contribution in [2.75, 3.05) is 11.9 Å². The van der Waals surface area contributed by atoms with E-state index in [0.717, 1.165) is 5.56 Å². The van der Waals surface area contributed by atoms with Crippen molar-refractivity contribution in [1.82, 2.24) is 4.98 Å². The molecule has 0 fully saturated rings. The second kappa shape index (κ2) is 5.07. The first kappa shape index (κ1) is 11.9. The molecule has 6 heteroatoms. The lowest BCUT2D eigenvalue weighted by Crippen LogP contribution is -2.12. The summed E-state index contributed by atoms with van der Waals surface area (Å²) in [5.74, 6) is -0.0135. The smallest absolute Gasteiger partial charge is 0.311 e. The first-order valence-corrected chi connectivity index (χ1v) is 4.79. The number of nitrogens with one attached hydrogen (secondary N) is 1. The lowest BCUT2D eigenvalue weighted by Gasteiger charge is -2.07. The molecule has 84 valence electrons. The summed E-state index contributed by atoms with van der Waals surface area (Å²) < 4.78 is 0. The van der Waals surface area contributed by atoms with E-state index in [2.05, 4.69) is 10.3 Å². The van der Waals surface area contributed by atoms with Crippen LogP contribution in [-0.4, -0.2) is 16.5 Å². The van der Waals surface area contributed by atoms with E-state index in [1.54, 1.807) is 20.0 Å². The molecule has 16 heavy (non-hydrogen) atoms. The highest BCUT2D eigenvalue weighted by Gasteiger charge is 2.15. The van der Waals surface area contributed by atoms with Crippen molar-refractivity contribution in [2.24, 2.45) is 5.92 Å². The van der Waals surface area contributed by atoms with Crippen molar-refractivity contribution < 1.29 is 4.92 Å². The lowest BCUT2D eigenvalue weighted by atomic mass is 10.2. The molecule has 1 N–H and O–H groups in total. The zero-order valence-corrected chi connectivity index (χ0v) is 9.10. The van der Waals surface area contributed by atoms with E-state index in [1.165, 1.54) is 6.07 Å². The molecular weight excluding hydrogens is 208 g/mol. The van der Waals surface area contributed by atoms with Gasteiger partial charge in [0.15, 0.2) is 0 Å². The molecule has 1 atom stereocenters. The second-order valence-electron chi connectivity index (χ2n) is 3.55. The van der Waals surface area contributed by atoms with E-state index in [0.29, 0.717) is 6.54 Å². The minimum Gasteiger partial charge on any atom is -0.363 e. The van der Waals surface area contributed by atoms with Gasteiger partial charge in [-0.05, 0) is 19.4 Å². The number of aromatic nitrogens is 1. The molecule has 0 saturated carbocycles. The quantitative estimate of drug-likeness (QED) is 0.617. The highest BCUT2D eigenvalue weighted by Crippen LogP contribution is 2.22. The Labute approximate surface area is 93.1 Å². The second-order valence-corrected chi connectivity index (χ2v) is 3.55. The number of nitro groups is 1. The molecule has 0 bridgehead atoms. The third kappa shape index (κ3) is 2.92. The van der Waals surface area contributed by atoms with Crippen LogP contribution in [0.1, 0.15) is 12.5 Å². The zero-order valence-electron chi connectivity index (χ0n) is 9.10. The Balaban J connectivity index is 2.88. The summed E-state index contributed by atoms with van der Waals surface area (Å²) in [6, 6.07) is 3.49. The monoisotopic (exact) mass is 220 g/mol. The number of rotatable bonds is 4. The largest absolute Gasteiger partial charge is 0.363 e. The van der Waals surface area contributed by atoms with Gasteiger partial charge in [-0.1, -0.05) is 0 Å². The first-order valence-electron chi connectivity index (χ1n) is 4.79. The molecule has 6 nitrogen and oxygen atoms in total. The molecule has 1 aromatic rings. The van der Waals surface area contributed by atoms with Gasteiger partial charge in [0.25, 0.3) is 0 Å². The van der Waals surface area contributed by atoms with Gasteiger partial charge in [-0.15, -0.1) is 0 Å². The van der Waals surface area contributed by atoms with Crippen LogP contribution in [0.3, 0.4) is 0 Å². The molecule has 1 rings (SSSR count). The van der Waals surface area contributed by atoms with Gasteiger partial charge >= 0.3 is 5.69 Å². The maximum absolute atomic E-state index is 10.7. The summed E-state index contributed by atoms with van der Waals surface area (Å²) in [5, 5.41) is 22.1. The molecule has 1 unspecified atom stereocenters. The highest BCUT2D eigenvalue weighted by molar-refractivity contribution is 5.56. The Bertz CT molecular complexity index is 439. The SMILES string of the molecule is Cc1cnc(NCC(C)C#N)c([N+](=O)[O-])c1. The number of aryl methyl sites for hydroxylation is 1. The average molecular weight is 220 g/mol. The van der Waals surface area contributed by atoms with Gasteiger partial charge < -0.3 is 5.32 Å². The van der Waals surface area contributed by atoms with Crippen molar-refractivity contribution in [2.45, 2.75) is 13.8 Å². The molecule has 0 amide bonds. The molecule has 0 spiro atoms. The third-order valence-corrected chi connectivity index (χ3v) is 2.00. The van der Waals surface area contributed by atoms with Gasteiger partial charge in [-0.2, -0.15) is 5.26 Å². The van der Waals surface area contributed by atoms with Crippen molar-refractivity contribution in [3.63, 3.8) is 0 Å². The fraction of sp³-hybridized carbons (Fsp3) is 0.400. The number of nitriles is 1. The fourth-order valence-corrected chi connectivity index (χ4v) is 1.12. The highest BCUT2D eigenvalue weighted by atomic mass is 16.6. The van der Waals surface area contributed by atoms with Gasteiger partial charge in [-0.3, -0.25) is 10.1 Å². The summed E-state index contributed by atoms with van der Waals surface area (Å²) >= 11 is 0. The number of pyridine rings is 1. The normalized spacial score (nSPS) is 11.6. The van der Waals surface area contributed by atoms with Crippen molar-refractivity contribution in [3.8, 4) is 6.07 Å². The van der Waals surface area contributed by atoms with E-state index in [9.17, 15) is 10.1 Å². The lowest BCUT2D eigenvalue weighted by molar-refractivity contribution is -0.384. The molecule has 1 aromatic heterocycles. The van der Waals surface area contributed by atoms with Gasteiger partial charge in [0.1, 0.15) is 0 Å². The van der Waals surface area contributed by atoms with Crippen LogP contribution in [0.15, 0.2) is 12.3 Å². The van der Waals surface area contributed by atoms with Crippen molar-refractivity contribution >= 4 is 11.5 Å². The van der Waals surface area contributed by atoms with Crippen LogP contribution < -0.4 is 5.32 Å². The predicted octanol–water partition coefficient (Wildman–Crippen LogP) is 1.87. The average Bonchev–Trinajstić information content (AvgIpc) is 2.26. The van der Waals surface area contributed by atoms with Crippen molar-refractivity contribution in [3.05, 3.63) is 27.9 Å². The molecule has 0 aliphatic rings. The minimum absolute atomic E-state index is 0.0647.